The minimum atomic E-state index is -0.497. The summed E-state index contributed by atoms with van der Waals surface area (Å²) in [4.78, 5) is 39.8. The molecular weight excluding hydrogens is 460 g/mol. The molecule has 6 nitrogen and oxygen atoms in total. The largest absolute Gasteiger partial charge is 0.493 e. The number of benzene rings is 4. The van der Waals surface area contributed by atoms with Crippen LogP contribution in [0.1, 0.15) is 12.5 Å². The van der Waals surface area contributed by atoms with Gasteiger partial charge in [-0.05, 0) is 53.1 Å². The van der Waals surface area contributed by atoms with Gasteiger partial charge in [0.05, 0.1) is 11.5 Å². The first-order chi connectivity index (χ1) is 17.0. The van der Waals surface area contributed by atoms with Gasteiger partial charge in [-0.15, -0.1) is 0 Å². The minimum absolute atomic E-state index is 0.255. The Morgan fingerprint density at radius 3 is 2.37 bits per heavy atom. The SMILES string of the molecule is CCOc1ccc2ccccc2c1/C=C1/SC(=O)N(CC(=O)Nc2cccc3ccccc23)C1=O. The second-order valence-electron chi connectivity index (χ2n) is 7.97. The molecule has 0 aromatic heterocycles. The summed E-state index contributed by atoms with van der Waals surface area (Å²) in [6.07, 6.45) is 1.68. The van der Waals surface area contributed by atoms with Gasteiger partial charge >= 0.3 is 0 Å². The van der Waals surface area contributed by atoms with E-state index in [-0.39, 0.29) is 11.4 Å². The number of nitrogens with zero attached hydrogens (tertiary/aromatic N) is 1. The molecule has 174 valence electrons. The van der Waals surface area contributed by atoms with Gasteiger partial charge in [0.25, 0.3) is 11.1 Å². The Hall–Kier alpha value is -4.10. The summed E-state index contributed by atoms with van der Waals surface area (Å²) in [5.74, 6) is -0.305. The summed E-state index contributed by atoms with van der Waals surface area (Å²) in [6.45, 7) is 2.00. The van der Waals surface area contributed by atoms with Gasteiger partial charge in [-0.3, -0.25) is 19.3 Å². The Morgan fingerprint density at radius 1 is 0.914 bits per heavy atom. The lowest BCUT2D eigenvalue weighted by Crippen LogP contribution is -2.36. The molecule has 1 aliphatic rings. The van der Waals surface area contributed by atoms with Crippen molar-refractivity contribution in [1.82, 2.24) is 4.90 Å². The Morgan fingerprint density at radius 2 is 1.60 bits per heavy atom. The molecule has 1 saturated heterocycles. The lowest BCUT2D eigenvalue weighted by Gasteiger charge is -2.14. The molecule has 1 fully saturated rings. The number of fused-ring (bicyclic) bond motifs is 2. The number of thioether (sulfide) groups is 1. The van der Waals surface area contributed by atoms with Gasteiger partial charge in [0, 0.05) is 16.6 Å². The summed E-state index contributed by atoms with van der Waals surface area (Å²) in [5.41, 5.74) is 1.36. The quantitative estimate of drug-likeness (QED) is 0.338. The van der Waals surface area contributed by atoms with E-state index in [1.165, 1.54) is 0 Å². The van der Waals surface area contributed by atoms with Gasteiger partial charge < -0.3 is 10.1 Å². The minimum Gasteiger partial charge on any atom is -0.493 e. The predicted octanol–water partition coefficient (Wildman–Crippen LogP) is 6.07. The first-order valence-electron chi connectivity index (χ1n) is 11.2. The standard InChI is InChI=1S/C28H22N2O4S/c1-2-34-24-15-14-19-9-3-5-11-20(19)22(24)16-25-27(32)30(28(33)35-25)17-26(31)29-23-13-7-10-18-8-4-6-12-21(18)23/h3-16H,2,17H2,1H3,(H,29,31)/b25-16+. The van der Waals surface area contributed by atoms with Gasteiger partial charge in [-0.1, -0.05) is 66.7 Å². The van der Waals surface area contributed by atoms with E-state index >= 15 is 0 Å². The predicted molar refractivity (Wildman–Crippen MR) is 140 cm³/mol. The lowest BCUT2D eigenvalue weighted by molar-refractivity contribution is -0.127. The zero-order chi connectivity index (χ0) is 24.4. The van der Waals surface area contributed by atoms with Crippen molar-refractivity contribution in [1.29, 1.82) is 0 Å². The number of amides is 3. The summed E-state index contributed by atoms with van der Waals surface area (Å²) in [5, 5.41) is 6.14. The first-order valence-corrected chi connectivity index (χ1v) is 12.0. The normalized spacial score (nSPS) is 14.8. The van der Waals surface area contributed by atoms with Crippen LogP contribution in [-0.2, 0) is 9.59 Å². The Bertz CT molecular complexity index is 1510. The Labute approximate surface area is 206 Å². The van der Waals surface area contributed by atoms with E-state index in [0.717, 1.165) is 43.8 Å². The van der Waals surface area contributed by atoms with E-state index in [2.05, 4.69) is 5.32 Å². The first kappa shape index (κ1) is 22.7. The third kappa shape index (κ3) is 4.50. The monoisotopic (exact) mass is 482 g/mol. The molecule has 1 N–H and O–H groups in total. The molecule has 3 amide bonds. The van der Waals surface area contributed by atoms with E-state index in [9.17, 15) is 14.4 Å². The Balaban J connectivity index is 1.40. The van der Waals surface area contributed by atoms with E-state index in [1.54, 1.807) is 12.1 Å². The maximum Gasteiger partial charge on any atom is 0.294 e. The number of nitrogens with one attached hydrogen (secondary N) is 1. The number of anilines is 1. The van der Waals surface area contributed by atoms with Gasteiger partial charge in [0.15, 0.2) is 0 Å². The molecule has 0 radical (unpaired) electrons. The lowest BCUT2D eigenvalue weighted by atomic mass is 10.0. The number of imide groups is 1. The Kier molecular flexibility index (Phi) is 6.25. The fraction of sp³-hybridized carbons (Fsp3) is 0.107. The van der Waals surface area contributed by atoms with Crippen molar-refractivity contribution >= 4 is 62.1 Å². The summed E-state index contributed by atoms with van der Waals surface area (Å²) < 4.78 is 5.78. The molecule has 35 heavy (non-hydrogen) atoms. The van der Waals surface area contributed by atoms with Crippen LogP contribution in [0, 0.1) is 0 Å². The number of ether oxygens (including phenoxy) is 1. The third-order valence-corrected chi connectivity index (χ3v) is 6.65. The maximum atomic E-state index is 13.1. The second kappa shape index (κ2) is 9.64. The molecule has 1 aliphatic heterocycles. The van der Waals surface area contributed by atoms with Crippen LogP contribution in [0.25, 0.3) is 27.6 Å². The van der Waals surface area contributed by atoms with Gasteiger partial charge in [-0.2, -0.15) is 0 Å². The van der Waals surface area contributed by atoms with Crippen LogP contribution in [0.15, 0.2) is 83.8 Å². The molecule has 0 spiro atoms. The van der Waals surface area contributed by atoms with Crippen molar-refractivity contribution < 1.29 is 19.1 Å². The molecule has 5 rings (SSSR count). The highest BCUT2D eigenvalue weighted by Gasteiger charge is 2.36. The van der Waals surface area contributed by atoms with Crippen molar-refractivity contribution in [3.63, 3.8) is 0 Å². The van der Waals surface area contributed by atoms with Gasteiger partial charge in [-0.25, -0.2) is 0 Å². The molecule has 0 unspecified atom stereocenters. The summed E-state index contributed by atoms with van der Waals surface area (Å²) >= 11 is 0.826. The topological polar surface area (TPSA) is 75.7 Å². The van der Waals surface area contributed by atoms with Crippen LogP contribution in [-0.4, -0.2) is 35.1 Å². The zero-order valence-electron chi connectivity index (χ0n) is 19.0. The average molecular weight is 483 g/mol. The molecule has 4 aromatic carbocycles. The fourth-order valence-electron chi connectivity index (χ4n) is 4.14. The molecular formula is C28H22N2O4S. The van der Waals surface area contributed by atoms with Crippen LogP contribution in [0.5, 0.6) is 5.75 Å². The van der Waals surface area contributed by atoms with Crippen LogP contribution in [0.3, 0.4) is 0 Å². The van der Waals surface area contributed by atoms with Crippen LogP contribution in [0.2, 0.25) is 0 Å². The highest BCUT2D eigenvalue weighted by atomic mass is 32.2. The van der Waals surface area contributed by atoms with E-state index in [4.69, 9.17) is 4.74 Å². The van der Waals surface area contributed by atoms with Crippen molar-refractivity contribution in [2.75, 3.05) is 18.5 Å². The number of rotatable bonds is 6. The van der Waals surface area contributed by atoms with Crippen molar-refractivity contribution in [2.24, 2.45) is 0 Å². The molecule has 0 bridgehead atoms. The summed E-state index contributed by atoms with van der Waals surface area (Å²) in [6, 6.07) is 24.9. The van der Waals surface area contributed by atoms with Crippen LogP contribution in [0.4, 0.5) is 10.5 Å². The third-order valence-electron chi connectivity index (χ3n) is 5.74. The summed E-state index contributed by atoms with van der Waals surface area (Å²) in [7, 11) is 0. The highest BCUT2D eigenvalue weighted by molar-refractivity contribution is 8.18. The smallest absolute Gasteiger partial charge is 0.294 e. The zero-order valence-corrected chi connectivity index (χ0v) is 19.8. The average Bonchev–Trinajstić information content (AvgIpc) is 3.13. The molecule has 0 atom stereocenters. The maximum absolute atomic E-state index is 13.1. The number of carbonyl (C=O) groups is 3. The highest BCUT2D eigenvalue weighted by Crippen LogP contribution is 2.37. The van der Waals surface area contributed by atoms with Crippen molar-refractivity contribution in [3.8, 4) is 5.75 Å². The van der Waals surface area contributed by atoms with Crippen LogP contribution >= 0.6 is 11.8 Å². The van der Waals surface area contributed by atoms with Gasteiger partial charge in [0.2, 0.25) is 5.91 Å². The van der Waals surface area contributed by atoms with E-state index < -0.39 is 17.1 Å². The van der Waals surface area contributed by atoms with Crippen LogP contribution < -0.4 is 10.1 Å². The number of hydrogen-bond acceptors (Lipinski definition) is 5. The van der Waals surface area contributed by atoms with Crippen molar-refractivity contribution in [2.45, 2.75) is 6.92 Å². The van der Waals surface area contributed by atoms with Crippen molar-refractivity contribution in [3.05, 3.63) is 89.3 Å². The van der Waals surface area contributed by atoms with Gasteiger partial charge in [0.1, 0.15) is 12.3 Å². The molecule has 0 saturated carbocycles. The van der Waals surface area contributed by atoms with E-state index in [0.29, 0.717) is 18.0 Å². The molecule has 1 heterocycles. The molecule has 7 heteroatoms. The van der Waals surface area contributed by atoms with E-state index in [1.807, 2.05) is 79.7 Å². The fourth-order valence-corrected chi connectivity index (χ4v) is 4.96. The second-order valence-corrected chi connectivity index (χ2v) is 8.97. The number of hydrogen-bond donors (Lipinski definition) is 1. The number of carbonyl (C=O) groups excluding carboxylic acids is 3. The molecule has 4 aromatic rings. The molecule has 0 aliphatic carbocycles.